The number of rotatable bonds is 7. The van der Waals surface area contributed by atoms with E-state index in [9.17, 15) is 9.59 Å². The molecule has 1 saturated heterocycles. The predicted octanol–water partition coefficient (Wildman–Crippen LogP) is 2.53. The van der Waals surface area contributed by atoms with E-state index in [4.69, 9.17) is 4.42 Å². The van der Waals surface area contributed by atoms with Crippen LogP contribution in [0.5, 0.6) is 0 Å². The van der Waals surface area contributed by atoms with Crippen molar-refractivity contribution in [3.8, 4) is 0 Å². The first-order chi connectivity index (χ1) is 15.9. The number of nitrogens with zero attached hydrogens (tertiary/aromatic N) is 3. The topological polar surface area (TPSA) is 90.7 Å². The highest BCUT2D eigenvalue weighted by atomic mass is 16.4. The number of aryl methyl sites for hydroxylation is 1. The normalized spacial score (nSPS) is 16.0. The molecule has 0 aliphatic carbocycles. The molecule has 8 nitrogen and oxygen atoms in total. The molecule has 0 spiro atoms. The predicted molar refractivity (Wildman–Crippen MR) is 129 cm³/mol. The number of benzene rings is 2. The Kier molecular flexibility index (Phi) is 7.05. The van der Waals surface area contributed by atoms with Crippen molar-refractivity contribution in [2.45, 2.75) is 26.4 Å². The number of amides is 1. The lowest BCUT2D eigenvalue weighted by molar-refractivity contribution is -0.122. The molecule has 1 aliphatic heterocycles. The number of hydrogen-bond donors (Lipinski definition) is 2. The molecule has 33 heavy (non-hydrogen) atoms. The van der Waals surface area contributed by atoms with E-state index in [0.29, 0.717) is 24.0 Å². The molecule has 0 unspecified atom stereocenters. The van der Waals surface area contributed by atoms with Crippen LogP contribution in [0, 0.1) is 6.92 Å². The smallest absolute Gasteiger partial charge is 0.348 e. The lowest BCUT2D eigenvalue weighted by atomic mass is 10.0. The molecule has 174 valence electrons. The molecule has 1 atom stereocenters. The zero-order valence-electron chi connectivity index (χ0n) is 19.4. The lowest BCUT2D eigenvalue weighted by Gasteiger charge is -2.31. The largest absolute Gasteiger partial charge is 0.389 e. The van der Waals surface area contributed by atoms with Gasteiger partial charge in [0, 0.05) is 32.7 Å². The average molecular weight is 450 g/mol. The van der Waals surface area contributed by atoms with E-state index in [1.807, 2.05) is 50.2 Å². The van der Waals surface area contributed by atoms with Crippen LogP contribution in [0.4, 0.5) is 6.01 Å². The zero-order valence-corrected chi connectivity index (χ0v) is 19.4. The van der Waals surface area contributed by atoms with Crippen LogP contribution < -0.4 is 16.3 Å². The maximum Gasteiger partial charge on any atom is 0.348 e. The summed E-state index contributed by atoms with van der Waals surface area (Å²) in [5.41, 5.74) is 2.85. The van der Waals surface area contributed by atoms with Crippen LogP contribution in [-0.2, 0) is 11.3 Å². The first kappa shape index (κ1) is 22.9. The van der Waals surface area contributed by atoms with Gasteiger partial charge in [-0.05, 0) is 43.7 Å². The number of piperazine rings is 1. The maximum atomic E-state index is 12.8. The summed E-state index contributed by atoms with van der Waals surface area (Å²) in [5.74, 6) is -0.0151. The Morgan fingerprint density at radius 3 is 2.58 bits per heavy atom. The molecular formula is C25H31N5O3. The van der Waals surface area contributed by atoms with E-state index < -0.39 is 5.63 Å². The highest BCUT2D eigenvalue weighted by Crippen LogP contribution is 2.22. The monoisotopic (exact) mass is 449 g/mol. The summed E-state index contributed by atoms with van der Waals surface area (Å²) < 4.78 is 5.48. The van der Waals surface area contributed by atoms with Gasteiger partial charge in [-0.1, -0.05) is 36.4 Å². The van der Waals surface area contributed by atoms with Crippen molar-refractivity contribution in [1.82, 2.24) is 20.1 Å². The van der Waals surface area contributed by atoms with Crippen LogP contribution in [0.1, 0.15) is 29.7 Å². The molecule has 1 aromatic heterocycles. The fourth-order valence-electron chi connectivity index (χ4n) is 4.08. The van der Waals surface area contributed by atoms with Crippen molar-refractivity contribution >= 4 is 22.8 Å². The van der Waals surface area contributed by atoms with E-state index in [0.717, 1.165) is 42.9 Å². The molecule has 3 aromatic rings. The Morgan fingerprint density at radius 1 is 1.12 bits per heavy atom. The second-order valence-electron chi connectivity index (χ2n) is 8.68. The summed E-state index contributed by atoms with van der Waals surface area (Å²) >= 11 is 0. The minimum atomic E-state index is -0.439. The molecule has 2 N–H and O–H groups in total. The molecule has 1 aliphatic rings. The number of nitrogens with one attached hydrogen (secondary N) is 2. The molecule has 8 heteroatoms. The second kappa shape index (κ2) is 10.1. The molecule has 1 fully saturated rings. The number of likely N-dealkylation sites (N-methyl/N-ethyl adjacent to an activating group) is 1. The first-order valence-corrected chi connectivity index (χ1v) is 11.3. The summed E-state index contributed by atoms with van der Waals surface area (Å²) in [7, 11) is 2.09. The fraction of sp³-hybridized carbons (Fsp3) is 0.400. The summed E-state index contributed by atoms with van der Waals surface area (Å²) in [6.07, 6.45) is 0. The molecule has 0 bridgehead atoms. The lowest BCUT2D eigenvalue weighted by Crippen LogP contribution is -2.48. The third-order valence-corrected chi connectivity index (χ3v) is 6.25. The van der Waals surface area contributed by atoms with Crippen molar-refractivity contribution in [3.63, 3.8) is 0 Å². The van der Waals surface area contributed by atoms with Gasteiger partial charge in [0.25, 0.3) is 6.01 Å². The van der Waals surface area contributed by atoms with E-state index in [2.05, 4.69) is 32.5 Å². The average Bonchev–Trinajstić information content (AvgIpc) is 2.80. The van der Waals surface area contributed by atoms with Crippen LogP contribution in [0.2, 0.25) is 0 Å². The minimum absolute atomic E-state index is 0.0151. The highest BCUT2D eigenvalue weighted by Gasteiger charge is 2.17. The summed E-state index contributed by atoms with van der Waals surface area (Å²) in [4.78, 5) is 34.1. The van der Waals surface area contributed by atoms with Gasteiger partial charge in [-0.3, -0.25) is 9.69 Å². The van der Waals surface area contributed by atoms with Gasteiger partial charge < -0.3 is 20.0 Å². The van der Waals surface area contributed by atoms with Crippen molar-refractivity contribution < 1.29 is 9.21 Å². The fourth-order valence-corrected chi connectivity index (χ4v) is 4.08. The summed E-state index contributed by atoms with van der Waals surface area (Å²) in [6, 6.07) is 13.7. The number of carbonyl (C=O) groups is 1. The van der Waals surface area contributed by atoms with E-state index >= 15 is 0 Å². The zero-order chi connectivity index (χ0) is 23.4. The maximum absolute atomic E-state index is 12.8. The molecule has 1 amide bonds. The number of hydrogen-bond acceptors (Lipinski definition) is 7. The van der Waals surface area contributed by atoms with E-state index in [1.165, 1.54) is 0 Å². The quantitative estimate of drug-likeness (QED) is 0.573. The second-order valence-corrected chi connectivity index (χ2v) is 8.68. The Balaban J connectivity index is 1.44. The van der Waals surface area contributed by atoms with Gasteiger partial charge in [0.15, 0.2) is 0 Å². The Morgan fingerprint density at radius 2 is 1.85 bits per heavy atom. The summed E-state index contributed by atoms with van der Waals surface area (Å²) in [6.45, 7) is 8.33. The van der Waals surface area contributed by atoms with Gasteiger partial charge in [-0.25, -0.2) is 4.79 Å². The van der Waals surface area contributed by atoms with Crippen LogP contribution in [0.25, 0.3) is 10.9 Å². The molecular weight excluding hydrogens is 418 g/mol. The molecule has 2 aromatic carbocycles. The van der Waals surface area contributed by atoms with Crippen molar-refractivity contribution in [1.29, 1.82) is 0 Å². The van der Waals surface area contributed by atoms with Crippen molar-refractivity contribution in [2.24, 2.45) is 0 Å². The summed E-state index contributed by atoms with van der Waals surface area (Å²) in [5, 5.41) is 6.59. The number of fused-ring (bicyclic) bond motifs is 1. The molecule has 0 saturated carbocycles. The van der Waals surface area contributed by atoms with Gasteiger partial charge in [0.1, 0.15) is 0 Å². The van der Waals surface area contributed by atoms with Gasteiger partial charge >= 0.3 is 5.63 Å². The number of carbonyl (C=O) groups excluding carboxylic acids is 1. The van der Waals surface area contributed by atoms with Gasteiger partial charge in [-0.15, -0.1) is 0 Å². The third kappa shape index (κ3) is 5.58. The van der Waals surface area contributed by atoms with Gasteiger partial charge in [0.05, 0.1) is 23.5 Å². The third-order valence-electron chi connectivity index (χ3n) is 6.25. The van der Waals surface area contributed by atoms with Gasteiger partial charge in [-0.2, -0.15) is 4.98 Å². The first-order valence-electron chi connectivity index (χ1n) is 11.3. The van der Waals surface area contributed by atoms with E-state index in [-0.39, 0.29) is 18.0 Å². The SMILES string of the molecule is Cc1c(CNC(=O)CN2CCN(C)CC2)ccc2nc(N[C@@H](C)c3ccccc3)oc(=O)c12. The number of aromatic nitrogens is 1. The molecule has 4 rings (SSSR count). The van der Waals surface area contributed by atoms with E-state index in [1.54, 1.807) is 6.07 Å². The Hall–Kier alpha value is -3.23. The van der Waals surface area contributed by atoms with Crippen LogP contribution >= 0.6 is 0 Å². The molecule has 2 heterocycles. The van der Waals surface area contributed by atoms with Gasteiger partial charge in [0.2, 0.25) is 5.91 Å². The standard InChI is InChI=1S/C25H31N5O3/c1-17-20(15-26-22(31)16-30-13-11-29(3)12-14-30)9-10-21-23(17)24(32)33-25(28-21)27-18(2)19-7-5-4-6-8-19/h4-10,18H,11-16H2,1-3H3,(H,26,31)(H,27,28)/t18-/m0/s1. The Labute approximate surface area is 193 Å². The van der Waals surface area contributed by atoms with Crippen molar-refractivity contribution in [3.05, 3.63) is 69.6 Å². The van der Waals surface area contributed by atoms with Crippen LogP contribution in [0.15, 0.2) is 51.7 Å². The van der Waals surface area contributed by atoms with Crippen LogP contribution in [-0.4, -0.2) is 60.5 Å². The highest BCUT2D eigenvalue weighted by molar-refractivity contribution is 5.83. The number of anilines is 1. The Bertz CT molecular complexity index is 1170. The van der Waals surface area contributed by atoms with Crippen molar-refractivity contribution in [2.75, 3.05) is 45.1 Å². The minimum Gasteiger partial charge on any atom is -0.389 e. The molecule has 0 radical (unpaired) electrons. The van der Waals surface area contributed by atoms with Crippen LogP contribution in [0.3, 0.4) is 0 Å².